The summed E-state index contributed by atoms with van der Waals surface area (Å²) in [7, 11) is 0. The minimum Gasteiger partial charge on any atom is -0.448 e. The van der Waals surface area contributed by atoms with Crippen LogP contribution in [0.3, 0.4) is 0 Å². The molecule has 25 heteroatoms. The van der Waals surface area contributed by atoms with Crippen LogP contribution in [0.4, 0.5) is 38.3 Å². The average Bonchev–Trinajstić information content (AvgIpc) is 3.90. The van der Waals surface area contributed by atoms with Gasteiger partial charge >= 0.3 is 12.2 Å². The molecule has 1 aliphatic heterocycles. The Bertz CT molecular complexity index is 2650. The molecular formula is C40H33N9O16. The van der Waals surface area contributed by atoms with Crippen molar-refractivity contribution >= 4 is 52.0 Å². The number of carbonyl (C=O) groups excluding carboxylic acids is 2. The van der Waals surface area contributed by atoms with Gasteiger partial charge < -0.3 is 24.4 Å². The number of amides is 2. The van der Waals surface area contributed by atoms with Crippen LogP contribution in [0.25, 0.3) is 11.2 Å². The van der Waals surface area contributed by atoms with Crippen molar-refractivity contribution in [2.75, 3.05) is 24.7 Å². The van der Waals surface area contributed by atoms with Gasteiger partial charge in [0.1, 0.15) is 25.5 Å². The number of para-hydroxylation sites is 4. The molecule has 3 N–H and O–H groups in total. The highest BCUT2D eigenvalue weighted by Crippen LogP contribution is 2.39. The summed E-state index contributed by atoms with van der Waals surface area (Å²) in [5.41, 5.74) is -4.28. The Morgan fingerprint density at radius 1 is 0.738 bits per heavy atom. The lowest BCUT2D eigenvalue weighted by molar-refractivity contribution is -0.387. The lowest BCUT2D eigenvalue weighted by Crippen LogP contribution is -2.41. The number of hydrogen-bond donors (Lipinski definition) is 3. The van der Waals surface area contributed by atoms with Gasteiger partial charge in [0.15, 0.2) is 11.2 Å². The van der Waals surface area contributed by atoms with Gasteiger partial charge in [-0.05, 0) is 0 Å². The third-order valence-corrected chi connectivity index (χ3v) is 10.5. The molecule has 4 aromatic carbocycles. The number of imide groups is 1. The Morgan fingerprint density at radius 2 is 1.14 bits per heavy atom. The Kier molecular flexibility index (Phi) is 12.9. The first-order valence-corrected chi connectivity index (χ1v) is 19.2. The topological polar surface area (TPSA) is 342 Å². The number of nitro groups is 4. The summed E-state index contributed by atoms with van der Waals surface area (Å²) in [5, 5.41) is 68.8. The van der Waals surface area contributed by atoms with Gasteiger partial charge in [-0.25, -0.2) is 14.6 Å². The lowest BCUT2D eigenvalue weighted by Gasteiger charge is -2.23. The molecule has 25 nitrogen and oxygen atoms in total. The van der Waals surface area contributed by atoms with E-state index in [1.54, 1.807) is 0 Å². The van der Waals surface area contributed by atoms with E-state index in [0.717, 1.165) is 30.6 Å². The van der Waals surface area contributed by atoms with Gasteiger partial charge in [-0.3, -0.25) is 54.8 Å². The fourth-order valence-electron chi connectivity index (χ4n) is 7.46. The molecule has 334 valence electrons. The smallest absolute Gasteiger partial charge is 0.426 e. The molecule has 0 unspecified atom stereocenters. The van der Waals surface area contributed by atoms with Crippen molar-refractivity contribution in [1.82, 2.24) is 19.5 Å². The summed E-state index contributed by atoms with van der Waals surface area (Å²) in [6.45, 7) is -2.42. The predicted octanol–water partition coefficient (Wildman–Crippen LogP) is 5.14. The molecule has 0 radical (unpaired) electrons. The van der Waals surface area contributed by atoms with Gasteiger partial charge in [-0.1, -0.05) is 72.8 Å². The SMILES string of the molecule is O=C(OCC(c1ccccc1[N+](=O)[O-])c1ccccc1[N+](=O)[O-])N(C(=O)OCC(c1ccccc1[N+](=O)[O-])c1ccccc1[N+](=O)[O-])c1nc2c(ncn2[C@H]2C[C@H](O)[C@@H](CO)O2)c(=O)[nH]1. The second kappa shape index (κ2) is 18.8. The van der Waals surface area contributed by atoms with Gasteiger partial charge in [0.2, 0.25) is 5.95 Å². The number of nitro benzene ring substituents is 4. The van der Waals surface area contributed by atoms with E-state index in [1.165, 1.54) is 77.4 Å². The zero-order valence-corrected chi connectivity index (χ0v) is 33.2. The van der Waals surface area contributed by atoms with E-state index in [4.69, 9.17) is 14.2 Å². The summed E-state index contributed by atoms with van der Waals surface area (Å²) >= 11 is 0. The number of nitrogens with one attached hydrogen (secondary N) is 1. The van der Waals surface area contributed by atoms with Gasteiger partial charge in [0.05, 0.1) is 50.6 Å². The number of nitrogens with zero attached hydrogens (tertiary/aromatic N) is 8. The molecule has 0 bridgehead atoms. The molecule has 3 heterocycles. The van der Waals surface area contributed by atoms with Crippen LogP contribution >= 0.6 is 0 Å². The van der Waals surface area contributed by atoms with Crippen molar-refractivity contribution < 1.29 is 53.7 Å². The van der Waals surface area contributed by atoms with Gasteiger partial charge in [0.25, 0.3) is 28.3 Å². The first kappa shape index (κ1) is 44.5. The van der Waals surface area contributed by atoms with Crippen molar-refractivity contribution in [3.63, 3.8) is 0 Å². The van der Waals surface area contributed by atoms with Crippen LogP contribution in [-0.4, -0.2) is 93.6 Å². The van der Waals surface area contributed by atoms with Crippen molar-refractivity contribution in [3.05, 3.63) is 176 Å². The molecule has 0 spiro atoms. The van der Waals surface area contributed by atoms with E-state index in [2.05, 4.69) is 15.0 Å². The first-order valence-electron chi connectivity index (χ1n) is 19.2. The molecule has 6 aromatic rings. The van der Waals surface area contributed by atoms with E-state index in [0.29, 0.717) is 0 Å². The number of rotatable bonds is 15. The lowest BCUT2D eigenvalue weighted by atomic mass is 9.89. The molecule has 1 saturated heterocycles. The quantitative estimate of drug-likeness (QED) is 0.0887. The van der Waals surface area contributed by atoms with Crippen LogP contribution < -0.4 is 10.5 Å². The largest absolute Gasteiger partial charge is 0.448 e. The Hall–Kier alpha value is -8.55. The van der Waals surface area contributed by atoms with Crippen LogP contribution in [0.15, 0.2) is 108 Å². The zero-order valence-electron chi connectivity index (χ0n) is 33.2. The summed E-state index contributed by atoms with van der Waals surface area (Å²) in [5.74, 6) is -3.77. The second-order valence-electron chi connectivity index (χ2n) is 14.2. The third-order valence-electron chi connectivity index (χ3n) is 10.5. The van der Waals surface area contributed by atoms with Crippen LogP contribution in [0.1, 0.15) is 46.7 Å². The van der Waals surface area contributed by atoms with E-state index in [-0.39, 0.29) is 44.7 Å². The summed E-state index contributed by atoms with van der Waals surface area (Å²) in [6.07, 6.45) is -5.63. The molecule has 1 fully saturated rings. The van der Waals surface area contributed by atoms with Gasteiger partial charge in [0, 0.05) is 52.9 Å². The summed E-state index contributed by atoms with van der Waals surface area (Å²) < 4.78 is 18.1. The van der Waals surface area contributed by atoms with E-state index in [1.807, 2.05) is 0 Å². The molecule has 3 atom stereocenters. The number of fused-ring (bicyclic) bond motifs is 1. The molecule has 0 aliphatic carbocycles. The maximum atomic E-state index is 14.4. The first-order chi connectivity index (χ1) is 31.2. The highest BCUT2D eigenvalue weighted by molar-refractivity contribution is 6.08. The fraction of sp³-hybridized carbons (Fsp3) is 0.225. The monoisotopic (exact) mass is 895 g/mol. The maximum absolute atomic E-state index is 14.4. The average molecular weight is 896 g/mol. The van der Waals surface area contributed by atoms with E-state index in [9.17, 15) is 65.1 Å². The number of H-pyrrole nitrogens is 1. The molecule has 1 aliphatic rings. The number of carbonyl (C=O) groups is 2. The van der Waals surface area contributed by atoms with Crippen LogP contribution in [0, 0.1) is 40.5 Å². The third kappa shape index (κ3) is 9.03. The highest BCUT2D eigenvalue weighted by atomic mass is 16.6. The van der Waals surface area contributed by atoms with Gasteiger partial charge in [-0.15, -0.1) is 4.90 Å². The number of hydrogen-bond acceptors (Lipinski definition) is 18. The Balaban J connectivity index is 1.32. The number of aliphatic hydroxyl groups excluding tert-OH is 2. The van der Waals surface area contributed by atoms with E-state index >= 15 is 0 Å². The number of imidazole rings is 1. The Labute approximate surface area is 362 Å². The normalized spacial score (nSPS) is 15.8. The highest BCUT2D eigenvalue weighted by Gasteiger charge is 2.38. The number of ether oxygens (including phenoxy) is 3. The van der Waals surface area contributed by atoms with Crippen LogP contribution in [0.2, 0.25) is 0 Å². The molecule has 2 amide bonds. The number of benzene rings is 4. The molecule has 65 heavy (non-hydrogen) atoms. The number of aromatic amines is 1. The standard InChI is InChI=1S/C40H33N9O16/c50-18-33-32(51)17-34(65-33)44-21-41-35-36(44)42-38(43-37(35)52)45(39(53)63-19-26(22-9-1-5-13-28(22)46(55)56)23-10-2-6-14-29(23)47(57)58)40(54)64-20-27(24-11-3-7-15-30(24)48(59)60)25-12-4-8-16-31(25)49(61)62/h1-16,21,26-27,32-34,50-51H,17-20H2,(H,42,43,52)/t32-,33+,34+/m0/s1. The fourth-order valence-corrected chi connectivity index (χ4v) is 7.46. The maximum Gasteiger partial charge on any atom is 0.426 e. The summed E-state index contributed by atoms with van der Waals surface area (Å²) in [4.78, 5) is 98.7. The number of aromatic nitrogens is 4. The molecular weight excluding hydrogens is 862 g/mol. The zero-order chi connectivity index (χ0) is 46.5. The van der Waals surface area contributed by atoms with Crippen molar-refractivity contribution in [2.24, 2.45) is 0 Å². The van der Waals surface area contributed by atoms with Crippen LogP contribution in [0.5, 0.6) is 0 Å². The van der Waals surface area contributed by atoms with Gasteiger partial charge in [-0.2, -0.15) is 4.98 Å². The molecule has 0 saturated carbocycles. The molecule has 2 aromatic heterocycles. The minimum absolute atomic E-state index is 0.0881. The predicted molar refractivity (Wildman–Crippen MR) is 221 cm³/mol. The van der Waals surface area contributed by atoms with Crippen molar-refractivity contribution in [3.8, 4) is 0 Å². The van der Waals surface area contributed by atoms with Crippen molar-refractivity contribution in [1.29, 1.82) is 0 Å². The number of anilines is 1. The van der Waals surface area contributed by atoms with Crippen LogP contribution in [-0.2, 0) is 14.2 Å². The Morgan fingerprint density at radius 3 is 1.51 bits per heavy atom. The van der Waals surface area contributed by atoms with E-state index < -0.39 is 116 Å². The van der Waals surface area contributed by atoms with Crippen molar-refractivity contribution in [2.45, 2.75) is 36.7 Å². The second-order valence-corrected chi connectivity index (χ2v) is 14.2. The number of aliphatic hydroxyl groups is 2. The summed E-state index contributed by atoms with van der Waals surface area (Å²) in [6, 6.07) is 20.6. The minimum atomic E-state index is -1.67. The molecule has 7 rings (SSSR count).